The number of para-hydroxylation sites is 1. The fraction of sp³-hybridized carbons (Fsp3) is 0.273. The normalized spacial score (nSPS) is 13.6. The van der Waals surface area contributed by atoms with Crippen LogP contribution in [0.25, 0.3) is 17.0 Å². The SMILES string of the molecule is Cc1c(CN(C)C(=O)C=Cc2cnc3c(c2)OCCCN3)oc2ccccc12. The first-order valence-corrected chi connectivity index (χ1v) is 9.39. The van der Waals surface area contributed by atoms with Gasteiger partial charge in [-0.05, 0) is 37.1 Å². The number of aryl methyl sites for hydroxylation is 1. The molecule has 0 aliphatic carbocycles. The number of anilines is 1. The van der Waals surface area contributed by atoms with Crippen molar-refractivity contribution in [1.29, 1.82) is 0 Å². The van der Waals surface area contributed by atoms with Gasteiger partial charge in [0.05, 0.1) is 13.2 Å². The van der Waals surface area contributed by atoms with Crippen LogP contribution in [0.1, 0.15) is 23.3 Å². The number of benzene rings is 1. The van der Waals surface area contributed by atoms with Crippen LogP contribution in [0.5, 0.6) is 5.75 Å². The summed E-state index contributed by atoms with van der Waals surface area (Å²) in [5.74, 6) is 2.17. The van der Waals surface area contributed by atoms with Crippen molar-refractivity contribution < 1.29 is 13.9 Å². The summed E-state index contributed by atoms with van der Waals surface area (Å²) in [6, 6.07) is 9.80. The third-order valence-corrected chi connectivity index (χ3v) is 4.86. The smallest absolute Gasteiger partial charge is 0.246 e. The average molecular weight is 377 g/mol. The molecule has 144 valence electrons. The molecule has 1 aliphatic rings. The molecule has 6 heteroatoms. The lowest BCUT2D eigenvalue weighted by atomic mass is 10.1. The van der Waals surface area contributed by atoms with Gasteiger partial charge in [-0.25, -0.2) is 4.98 Å². The maximum absolute atomic E-state index is 12.5. The minimum absolute atomic E-state index is 0.103. The molecule has 0 fully saturated rings. The molecule has 1 aliphatic heterocycles. The molecule has 0 unspecified atom stereocenters. The molecule has 1 N–H and O–H groups in total. The summed E-state index contributed by atoms with van der Waals surface area (Å²) in [6.07, 6.45) is 5.97. The van der Waals surface area contributed by atoms with Gasteiger partial charge in [-0.1, -0.05) is 18.2 Å². The van der Waals surface area contributed by atoms with Crippen LogP contribution >= 0.6 is 0 Å². The van der Waals surface area contributed by atoms with E-state index in [1.165, 1.54) is 0 Å². The van der Waals surface area contributed by atoms with Crippen LogP contribution in [0.2, 0.25) is 0 Å². The van der Waals surface area contributed by atoms with E-state index in [1.807, 2.05) is 37.3 Å². The third-order valence-electron chi connectivity index (χ3n) is 4.86. The summed E-state index contributed by atoms with van der Waals surface area (Å²) in [5.41, 5.74) is 2.74. The molecule has 3 aromatic rings. The number of nitrogens with zero attached hydrogens (tertiary/aromatic N) is 2. The Balaban J connectivity index is 1.45. The second-order valence-electron chi connectivity index (χ2n) is 6.92. The number of aromatic nitrogens is 1. The number of rotatable bonds is 4. The topological polar surface area (TPSA) is 67.6 Å². The third kappa shape index (κ3) is 3.71. The Labute approximate surface area is 163 Å². The number of carbonyl (C=O) groups is 1. The number of carbonyl (C=O) groups excluding carboxylic acids is 1. The maximum atomic E-state index is 12.5. The van der Waals surface area contributed by atoms with Crippen LogP contribution in [0.15, 0.2) is 47.0 Å². The van der Waals surface area contributed by atoms with Gasteiger partial charge in [0.15, 0.2) is 11.6 Å². The summed E-state index contributed by atoms with van der Waals surface area (Å²) in [6.45, 7) is 3.94. The number of amides is 1. The minimum Gasteiger partial charge on any atom is -0.490 e. The summed E-state index contributed by atoms with van der Waals surface area (Å²) in [5, 5.41) is 4.32. The molecule has 6 nitrogen and oxygen atoms in total. The van der Waals surface area contributed by atoms with Gasteiger partial charge in [-0.3, -0.25) is 4.79 Å². The zero-order valence-corrected chi connectivity index (χ0v) is 16.1. The van der Waals surface area contributed by atoms with Crippen molar-refractivity contribution >= 4 is 28.8 Å². The molecule has 0 radical (unpaired) electrons. The molecule has 4 rings (SSSR count). The summed E-state index contributed by atoms with van der Waals surface area (Å²) < 4.78 is 11.6. The summed E-state index contributed by atoms with van der Waals surface area (Å²) >= 11 is 0. The van der Waals surface area contributed by atoms with Crippen LogP contribution in [0.3, 0.4) is 0 Å². The van der Waals surface area contributed by atoms with Crippen LogP contribution in [0, 0.1) is 6.92 Å². The fourth-order valence-electron chi connectivity index (χ4n) is 3.22. The highest BCUT2D eigenvalue weighted by Crippen LogP contribution is 2.27. The standard InChI is InChI=1S/C22H23N3O3/c1-15-17-6-3-4-7-18(17)28-20(15)14-25(2)21(26)9-8-16-12-19-22(24-13-16)23-10-5-11-27-19/h3-4,6-9,12-13H,5,10-11,14H2,1-2H3,(H,23,24). The Kier molecular flexibility index (Phi) is 5.02. The molecule has 28 heavy (non-hydrogen) atoms. The second-order valence-corrected chi connectivity index (χ2v) is 6.92. The summed E-state index contributed by atoms with van der Waals surface area (Å²) in [7, 11) is 1.77. The molecule has 1 aromatic carbocycles. The van der Waals surface area contributed by atoms with E-state index < -0.39 is 0 Å². The van der Waals surface area contributed by atoms with Crippen molar-refractivity contribution in [3.8, 4) is 5.75 Å². The largest absolute Gasteiger partial charge is 0.490 e. The molecule has 0 atom stereocenters. The van der Waals surface area contributed by atoms with Crippen molar-refractivity contribution in [2.24, 2.45) is 0 Å². The van der Waals surface area contributed by atoms with Gasteiger partial charge < -0.3 is 19.4 Å². The van der Waals surface area contributed by atoms with E-state index in [0.29, 0.717) is 13.2 Å². The van der Waals surface area contributed by atoms with Gasteiger partial charge in [0.25, 0.3) is 0 Å². The van der Waals surface area contributed by atoms with Gasteiger partial charge in [0, 0.05) is 36.8 Å². The lowest BCUT2D eigenvalue weighted by molar-refractivity contribution is -0.125. The van der Waals surface area contributed by atoms with Gasteiger partial charge in [-0.2, -0.15) is 0 Å². The maximum Gasteiger partial charge on any atom is 0.246 e. The van der Waals surface area contributed by atoms with Crippen LogP contribution < -0.4 is 10.1 Å². The highest BCUT2D eigenvalue weighted by molar-refractivity contribution is 5.91. The predicted molar refractivity (Wildman–Crippen MR) is 109 cm³/mol. The quantitative estimate of drug-likeness (QED) is 0.696. The minimum atomic E-state index is -0.103. The predicted octanol–water partition coefficient (Wildman–Crippen LogP) is 4.00. The molecule has 0 spiro atoms. The molecule has 0 bridgehead atoms. The molecular formula is C22H23N3O3. The molecular weight excluding hydrogens is 354 g/mol. The zero-order valence-electron chi connectivity index (χ0n) is 16.1. The van der Waals surface area contributed by atoms with Crippen LogP contribution in [0.4, 0.5) is 5.82 Å². The molecule has 0 saturated carbocycles. The Morgan fingerprint density at radius 2 is 2.21 bits per heavy atom. The number of furan rings is 1. The number of pyridine rings is 1. The van der Waals surface area contributed by atoms with Crippen molar-refractivity contribution in [2.45, 2.75) is 19.9 Å². The van der Waals surface area contributed by atoms with E-state index >= 15 is 0 Å². The first kappa shape index (κ1) is 18.1. The Hall–Kier alpha value is -3.28. The number of hydrogen-bond acceptors (Lipinski definition) is 5. The van der Waals surface area contributed by atoms with Gasteiger partial charge in [0.1, 0.15) is 11.3 Å². The van der Waals surface area contributed by atoms with Crippen LogP contribution in [-0.2, 0) is 11.3 Å². The van der Waals surface area contributed by atoms with Crippen molar-refractivity contribution in [3.05, 3.63) is 59.5 Å². The second kappa shape index (κ2) is 7.76. The molecule has 0 saturated heterocycles. The van der Waals surface area contributed by atoms with Crippen molar-refractivity contribution in [3.63, 3.8) is 0 Å². The molecule has 2 aromatic heterocycles. The first-order chi connectivity index (χ1) is 13.6. The lowest BCUT2D eigenvalue weighted by Gasteiger charge is -2.14. The number of fused-ring (bicyclic) bond motifs is 2. The van der Waals surface area contributed by atoms with E-state index in [1.54, 1.807) is 30.3 Å². The Bertz CT molecular complexity index is 1040. The van der Waals surface area contributed by atoms with E-state index in [2.05, 4.69) is 10.3 Å². The Morgan fingerprint density at radius 1 is 1.36 bits per heavy atom. The number of likely N-dealkylation sites (N-methyl/N-ethyl adjacent to an activating group) is 1. The molecule has 1 amide bonds. The van der Waals surface area contributed by atoms with E-state index in [9.17, 15) is 4.79 Å². The van der Waals surface area contributed by atoms with E-state index in [-0.39, 0.29) is 5.91 Å². The average Bonchev–Trinajstić information content (AvgIpc) is 2.88. The Morgan fingerprint density at radius 3 is 3.07 bits per heavy atom. The number of nitrogens with one attached hydrogen (secondary N) is 1. The zero-order chi connectivity index (χ0) is 19.5. The van der Waals surface area contributed by atoms with Crippen molar-refractivity contribution in [1.82, 2.24) is 9.88 Å². The highest BCUT2D eigenvalue weighted by atomic mass is 16.5. The van der Waals surface area contributed by atoms with Crippen LogP contribution in [-0.4, -0.2) is 36.0 Å². The van der Waals surface area contributed by atoms with Gasteiger partial charge in [0.2, 0.25) is 5.91 Å². The van der Waals surface area contributed by atoms with Gasteiger partial charge in [-0.15, -0.1) is 0 Å². The highest BCUT2D eigenvalue weighted by Gasteiger charge is 2.14. The van der Waals surface area contributed by atoms with Crippen molar-refractivity contribution in [2.75, 3.05) is 25.5 Å². The first-order valence-electron chi connectivity index (χ1n) is 9.39. The van der Waals surface area contributed by atoms with Gasteiger partial charge >= 0.3 is 0 Å². The fourth-order valence-corrected chi connectivity index (χ4v) is 3.22. The monoisotopic (exact) mass is 377 g/mol. The number of ether oxygens (including phenoxy) is 1. The summed E-state index contributed by atoms with van der Waals surface area (Å²) in [4.78, 5) is 18.5. The van der Waals surface area contributed by atoms with E-state index in [4.69, 9.17) is 9.15 Å². The van der Waals surface area contributed by atoms with E-state index in [0.717, 1.165) is 52.4 Å². The lowest BCUT2D eigenvalue weighted by Crippen LogP contribution is -2.24. The number of hydrogen-bond donors (Lipinski definition) is 1. The molecule has 3 heterocycles.